The average Bonchev–Trinajstić information content (AvgIpc) is 2.75. The molecule has 0 aromatic carbocycles. The van der Waals surface area contributed by atoms with Crippen LogP contribution in [0.25, 0.3) is 5.52 Å². The summed E-state index contributed by atoms with van der Waals surface area (Å²) in [6.07, 6.45) is 1.09. The van der Waals surface area contributed by atoms with Gasteiger partial charge >= 0.3 is 12.1 Å². The number of pyridine rings is 1. The van der Waals surface area contributed by atoms with Gasteiger partial charge in [0.2, 0.25) is 0 Å². The van der Waals surface area contributed by atoms with Gasteiger partial charge in [-0.2, -0.15) is 0 Å². The Morgan fingerprint density at radius 3 is 2.94 bits per heavy atom. The Morgan fingerprint density at radius 1 is 1.50 bits per heavy atom. The molecule has 0 fully saturated rings. The highest BCUT2D eigenvalue weighted by molar-refractivity contribution is 5.93. The smallest absolute Gasteiger partial charge is 0.407 e. The van der Waals surface area contributed by atoms with Crippen molar-refractivity contribution in [3.8, 4) is 0 Å². The lowest BCUT2D eigenvalue weighted by Gasteiger charge is -2.02. The molecule has 2 N–H and O–H groups in total. The highest BCUT2D eigenvalue weighted by Gasteiger charge is 2.16. The zero-order valence-corrected chi connectivity index (χ0v) is 9.58. The number of hydrogen-bond acceptors (Lipinski definition) is 4. The van der Waals surface area contributed by atoms with Crippen LogP contribution in [0.4, 0.5) is 4.79 Å². The first-order chi connectivity index (χ1) is 8.63. The topological polar surface area (TPSA) is 92.9 Å². The van der Waals surface area contributed by atoms with Crippen molar-refractivity contribution in [2.45, 2.75) is 6.54 Å². The van der Waals surface area contributed by atoms with Crippen LogP contribution in [0, 0.1) is 0 Å². The lowest BCUT2D eigenvalue weighted by atomic mass is 10.3. The van der Waals surface area contributed by atoms with Crippen molar-refractivity contribution in [1.29, 1.82) is 0 Å². The van der Waals surface area contributed by atoms with Crippen molar-refractivity contribution in [1.82, 2.24) is 14.7 Å². The van der Waals surface area contributed by atoms with Crippen molar-refractivity contribution in [3.05, 3.63) is 35.9 Å². The fourth-order valence-electron chi connectivity index (χ4n) is 1.61. The molecule has 0 aliphatic carbocycles. The second kappa shape index (κ2) is 4.74. The quantitative estimate of drug-likeness (QED) is 0.842. The monoisotopic (exact) mass is 249 g/mol. The lowest BCUT2D eigenvalue weighted by molar-refractivity contribution is 0.0693. The van der Waals surface area contributed by atoms with Gasteiger partial charge in [-0.05, 0) is 12.1 Å². The number of carboxylic acid groups (broad SMARTS) is 1. The van der Waals surface area contributed by atoms with Crippen molar-refractivity contribution in [2.75, 3.05) is 7.11 Å². The number of ether oxygens (including phenoxy) is 1. The molecule has 7 nitrogen and oxygen atoms in total. The summed E-state index contributed by atoms with van der Waals surface area (Å²) in [4.78, 5) is 26.0. The number of nitrogens with one attached hydrogen (secondary N) is 1. The number of carbonyl (C=O) groups excluding carboxylic acids is 1. The molecule has 2 heterocycles. The van der Waals surface area contributed by atoms with Crippen LogP contribution in [0.3, 0.4) is 0 Å². The highest BCUT2D eigenvalue weighted by atomic mass is 16.5. The van der Waals surface area contributed by atoms with Gasteiger partial charge in [0.15, 0.2) is 5.69 Å². The fraction of sp³-hybridized carbons (Fsp3) is 0.182. The number of aromatic carboxylic acids is 1. The number of amides is 1. The van der Waals surface area contributed by atoms with E-state index in [-0.39, 0.29) is 12.2 Å². The summed E-state index contributed by atoms with van der Waals surface area (Å²) in [7, 11) is 1.25. The summed E-state index contributed by atoms with van der Waals surface area (Å²) < 4.78 is 6.05. The number of fused-ring (bicyclic) bond motifs is 1. The number of aromatic nitrogens is 2. The second-order valence-electron chi connectivity index (χ2n) is 3.48. The zero-order chi connectivity index (χ0) is 13.1. The van der Waals surface area contributed by atoms with Crippen LogP contribution in [0.1, 0.15) is 16.3 Å². The van der Waals surface area contributed by atoms with Crippen LogP contribution < -0.4 is 5.32 Å². The molecule has 7 heteroatoms. The maximum Gasteiger partial charge on any atom is 0.407 e. The molecule has 94 valence electrons. The van der Waals surface area contributed by atoms with E-state index in [4.69, 9.17) is 5.11 Å². The summed E-state index contributed by atoms with van der Waals surface area (Å²) in [5.74, 6) is -0.684. The molecule has 0 aliphatic heterocycles. The van der Waals surface area contributed by atoms with Crippen molar-refractivity contribution >= 4 is 17.6 Å². The maximum absolute atomic E-state index is 11.0. The van der Waals surface area contributed by atoms with Gasteiger partial charge in [0.1, 0.15) is 5.82 Å². The molecule has 0 radical (unpaired) electrons. The van der Waals surface area contributed by atoms with Gasteiger partial charge in [-0.15, -0.1) is 0 Å². The van der Waals surface area contributed by atoms with Crippen LogP contribution in [0.15, 0.2) is 24.4 Å². The molecule has 1 amide bonds. The average molecular weight is 249 g/mol. The molecule has 0 unspecified atom stereocenters. The fourth-order valence-corrected chi connectivity index (χ4v) is 1.61. The lowest BCUT2D eigenvalue weighted by Crippen LogP contribution is -2.23. The highest BCUT2D eigenvalue weighted by Crippen LogP contribution is 2.13. The van der Waals surface area contributed by atoms with E-state index in [2.05, 4.69) is 15.0 Å². The minimum absolute atomic E-state index is 0.0442. The van der Waals surface area contributed by atoms with E-state index < -0.39 is 12.1 Å². The summed E-state index contributed by atoms with van der Waals surface area (Å²) in [6, 6.07) is 5.13. The number of carbonyl (C=O) groups is 2. The van der Waals surface area contributed by atoms with Crippen molar-refractivity contribution < 1.29 is 19.4 Å². The van der Waals surface area contributed by atoms with Gasteiger partial charge in [-0.1, -0.05) is 6.07 Å². The van der Waals surface area contributed by atoms with E-state index in [0.29, 0.717) is 11.3 Å². The van der Waals surface area contributed by atoms with E-state index in [1.165, 1.54) is 7.11 Å². The summed E-state index contributed by atoms with van der Waals surface area (Å²) >= 11 is 0. The van der Waals surface area contributed by atoms with Gasteiger partial charge in [-0.25, -0.2) is 14.6 Å². The summed E-state index contributed by atoms with van der Waals surface area (Å²) in [5.41, 5.74) is 0.434. The van der Waals surface area contributed by atoms with Crippen LogP contribution in [-0.4, -0.2) is 33.7 Å². The number of alkyl carbamates (subject to hydrolysis) is 1. The molecule has 2 rings (SSSR count). The minimum Gasteiger partial charge on any atom is -0.476 e. The zero-order valence-electron chi connectivity index (χ0n) is 9.58. The Kier molecular flexibility index (Phi) is 3.13. The molecule has 0 aliphatic rings. The number of carboxylic acids is 1. The van der Waals surface area contributed by atoms with E-state index in [0.717, 1.165) is 0 Å². The summed E-state index contributed by atoms with van der Waals surface area (Å²) in [5, 5.41) is 11.5. The molecule has 0 bridgehead atoms. The standard InChI is InChI=1S/C11H11N3O4/c1-18-11(17)12-6-8-13-9(10(15)16)7-4-2-3-5-14(7)8/h2-5H,6H2,1H3,(H,12,17)(H,15,16). The Morgan fingerprint density at radius 2 is 2.28 bits per heavy atom. The third kappa shape index (κ3) is 2.10. The van der Waals surface area contributed by atoms with Gasteiger partial charge in [0.25, 0.3) is 0 Å². The number of methoxy groups -OCH3 is 1. The number of rotatable bonds is 3. The molecule has 0 atom stereocenters. The third-order valence-corrected chi connectivity index (χ3v) is 2.40. The predicted octanol–water partition coefficient (Wildman–Crippen LogP) is 0.888. The van der Waals surface area contributed by atoms with Gasteiger partial charge < -0.3 is 19.6 Å². The van der Waals surface area contributed by atoms with E-state index in [9.17, 15) is 9.59 Å². The molecule has 18 heavy (non-hydrogen) atoms. The predicted molar refractivity (Wildman–Crippen MR) is 61.4 cm³/mol. The number of imidazole rings is 1. The molecule has 0 saturated heterocycles. The molecule has 2 aromatic heterocycles. The van der Waals surface area contributed by atoms with E-state index in [1.807, 2.05) is 0 Å². The third-order valence-electron chi connectivity index (χ3n) is 2.40. The molecule has 2 aromatic rings. The van der Waals surface area contributed by atoms with Crippen LogP contribution in [0.5, 0.6) is 0 Å². The first-order valence-corrected chi connectivity index (χ1v) is 5.14. The van der Waals surface area contributed by atoms with Crippen LogP contribution in [0.2, 0.25) is 0 Å². The van der Waals surface area contributed by atoms with Crippen molar-refractivity contribution in [3.63, 3.8) is 0 Å². The van der Waals surface area contributed by atoms with Gasteiger partial charge in [0.05, 0.1) is 19.2 Å². The van der Waals surface area contributed by atoms with Gasteiger partial charge in [0, 0.05) is 6.20 Å². The molecular weight excluding hydrogens is 238 g/mol. The minimum atomic E-state index is -1.11. The summed E-state index contributed by atoms with van der Waals surface area (Å²) in [6.45, 7) is 0.0884. The van der Waals surface area contributed by atoms with E-state index in [1.54, 1.807) is 28.8 Å². The first kappa shape index (κ1) is 11.9. The van der Waals surface area contributed by atoms with E-state index >= 15 is 0 Å². The Hall–Kier alpha value is -2.57. The number of nitrogens with zero attached hydrogens (tertiary/aromatic N) is 2. The Labute approximate surface area is 102 Å². The molecular formula is C11H11N3O4. The molecule has 0 saturated carbocycles. The Balaban J connectivity index is 2.39. The SMILES string of the molecule is COC(=O)NCc1nc(C(=O)O)c2ccccn12. The van der Waals surface area contributed by atoms with Crippen molar-refractivity contribution in [2.24, 2.45) is 0 Å². The van der Waals surface area contributed by atoms with Crippen LogP contribution >= 0.6 is 0 Å². The van der Waals surface area contributed by atoms with Crippen LogP contribution in [-0.2, 0) is 11.3 Å². The number of hydrogen-bond donors (Lipinski definition) is 2. The largest absolute Gasteiger partial charge is 0.476 e. The second-order valence-corrected chi connectivity index (χ2v) is 3.48. The molecule has 0 spiro atoms. The Bertz CT molecular complexity index is 605. The normalized spacial score (nSPS) is 10.3. The first-order valence-electron chi connectivity index (χ1n) is 5.14. The van der Waals surface area contributed by atoms with Gasteiger partial charge in [-0.3, -0.25) is 0 Å². The maximum atomic E-state index is 11.0.